The zero-order valence-electron chi connectivity index (χ0n) is 14.9. The van der Waals surface area contributed by atoms with Crippen LogP contribution < -0.4 is 4.74 Å². The molecule has 1 aromatic rings. The fraction of sp³-hybridized carbons (Fsp3) is 0.632. The third-order valence-electron chi connectivity index (χ3n) is 5.64. The Balaban J connectivity index is 1.82. The van der Waals surface area contributed by atoms with E-state index < -0.39 is 0 Å². The van der Waals surface area contributed by atoms with Crippen molar-refractivity contribution in [2.45, 2.75) is 38.1 Å². The number of likely N-dealkylation sites (tertiary alicyclic amines) is 1. The Kier molecular flexibility index (Phi) is 4.13. The lowest BCUT2D eigenvalue weighted by molar-refractivity contribution is -0.133. The van der Waals surface area contributed by atoms with E-state index in [4.69, 9.17) is 4.74 Å². The van der Waals surface area contributed by atoms with Crippen LogP contribution in [-0.4, -0.2) is 56.0 Å². The first-order valence-electron chi connectivity index (χ1n) is 8.50. The van der Waals surface area contributed by atoms with Gasteiger partial charge in [-0.25, -0.2) is 0 Å². The number of hydrogen-bond donors (Lipinski definition) is 0. The molecule has 4 nitrogen and oxygen atoms in total. The van der Waals surface area contributed by atoms with Gasteiger partial charge in [-0.3, -0.25) is 4.79 Å². The van der Waals surface area contributed by atoms with E-state index in [0.29, 0.717) is 17.9 Å². The maximum atomic E-state index is 13.2. The lowest BCUT2D eigenvalue weighted by Crippen LogP contribution is -2.40. The van der Waals surface area contributed by atoms with Gasteiger partial charge in [-0.2, -0.15) is 0 Å². The molecule has 4 heteroatoms. The Morgan fingerprint density at radius 1 is 1.30 bits per heavy atom. The minimum Gasteiger partial charge on any atom is -0.496 e. The number of rotatable bonds is 4. The van der Waals surface area contributed by atoms with Crippen molar-refractivity contribution in [3.05, 3.63) is 29.3 Å². The van der Waals surface area contributed by atoms with Gasteiger partial charge in [0.2, 0.25) is 5.91 Å². The van der Waals surface area contributed by atoms with Crippen molar-refractivity contribution in [2.24, 2.45) is 5.92 Å². The average molecular weight is 316 g/mol. The highest BCUT2D eigenvalue weighted by Crippen LogP contribution is 2.51. The predicted molar refractivity (Wildman–Crippen MR) is 91.9 cm³/mol. The number of methoxy groups -OCH3 is 1. The number of ether oxygens (including phenoxy) is 1. The zero-order valence-corrected chi connectivity index (χ0v) is 14.9. The van der Waals surface area contributed by atoms with Crippen LogP contribution in [0.25, 0.3) is 0 Å². The highest BCUT2D eigenvalue weighted by molar-refractivity contribution is 5.91. The fourth-order valence-corrected chi connectivity index (χ4v) is 3.96. The molecule has 1 saturated carbocycles. The second-order valence-electron chi connectivity index (χ2n) is 7.48. The lowest BCUT2D eigenvalue weighted by atomic mass is 9.93. The summed E-state index contributed by atoms with van der Waals surface area (Å²) in [5.74, 6) is 1.71. The maximum absolute atomic E-state index is 13.2. The van der Waals surface area contributed by atoms with Gasteiger partial charge in [0, 0.05) is 19.1 Å². The van der Waals surface area contributed by atoms with Gasteiger partial charge in [-0.1, -0.05) is 19.1 Å². The fourth-order valence-electron chi connectivity index (χ4n) is 3.96. The molecule has 0 N–H and O–H groups in total. The third kappa shape index (κ3) is 2.74. The SMILES string of the molecule is COc1cc(C2(C(=O)N3C[C@@H](C)[C@@H](N(C)C)C3)CC2)ccc1C. The molecule has 1 amide bonds. The largest absolute Gasteiger partial charge is 0.496 e. The second-order valence-corrected chi connectivity index (χ2v) is 7.48. The number of amides is 1. The first kappa shape index (κ1) is 16.3. The minimum atomic E-state index is -0.304. The Morgan fingerprint density at radius 2 is 2.00 bits per heavy atom. The van der Waals surface area contributed by atoms with Gasteiger partial charge in [0.1, 0.15) is 5.75 Å². The van der Waals surface area contributed by atoms with E-state index in [1.54, 1.807) is 7.11 Å². The first-order chi connectivity index (χ1) is 10.9. The zero-order chi connectivity index (χ0) is 16.8. The van der Waals surface area contributed by atoms with Crippen molar-refractivity contribution in [1.29, 1.82) is 0 Å². The summed E-state index contributed by atoms with van der Waals surface area (Å²) in [4.78, 5) is 17.5. The van der Waals surface area contributed by atoms with Crippen LogP contribution in [-0.2, 0) is 10.2 Å². The van der Waals surface area contributed by atoms with E-state index >= 15 is 0 Å². The lowest BCUT2D eigenvalue weighted by Gasteiger charge is -2.25. The molecule has 1 aromatic carbocycles. The molecule has 1 heterocycles. The molecule has 0 bridgehead atoms. The summed E-state index contributed by atoms with van der Waals surface area (Å²) < 4.78 is 5.45. The number of carbonyl (C=O) groups is 1. The van der Waals surface area contributed by atoms with Crippen LogP contribution in [0.5, 0.6) is 5.75 Å². The van der Waals surface area contributed by atoms with Crippen molar-refractivity contribution in [3.8, 4) is 5.75 Å². The Bertz CT molecular complexity index is 607. The molecule has 126 valence electrons. The molecule has 2 fully saturated rings. The van der Waals surface area contributed by atoms with Crippen molar-refractivity contribution in [3.63, 3.8) is 0 Å². The van der Waals surface area contributed by atoms with Crippen LogP contribution in [0.4, 0.5) is 0 Å². The molecule has 0 aromatic heterocycles. The summed E-state index contributed by atoms with van der Waals surface area (Å²) in [7, 11) is 5.90. The number of benzene rings is 1. The van der Waals surface area contributed by atoms with E-state index in [1.807, 2.05) is 6.92 Å². The van der Waals surface area contributed by atoms with Gasteiger partial charge in [0.05, 0.1) is 12.5 Å². The van der Waals surface area contributed by atoms with Crippen LogP contribution in [0.15, 0.2) is 18.2 Å². The number of aryl methyl sites for hydroxylation is 1. The summed E-state index contributed by atoms with van der Waals surface area (Å²) >= 11 is 0. The van der Waals surface area contributed by atoms with Crippen LogP contribution in [0.1, 0.15) is 30.9 Å². The molecule has 2 aliphatic rings. The number of likely N-dealkylation sites (N-methyl/N-ethyl adjacent to an activating group) is 1. The second kappa shape index (κ2) is 5.82. The van der Waals surface area contributed by atoms with Gasteiger partial charge < -0.3 is 14.5 Å². The van der Waals surface area contributed by atoms with Crippen molar-refractivity contribution >= 4 is 5.91 Å². The number of nitrogens with zero attached hydrogens (tertiary/aromatic N) is 2. The van der Waals surface area contributed by atoms with Crippen molar-refractivity contribution in [2.75, 3.05) is 34.3 Å². The topological polar surface area (TPSA) is 32.8 Å². The summed E-state index contributed by atoms with van der Waals surface area (Å²) in [6.07, 6.45) is 1.91. The van der Waals surface area contributed by atoms with Crippen molar-refractivity contribution in [1.82, 2.24) is 9.80 Å². The highest BCUT2D eigenvalue weighted by atomic mass is 16.5. The molecule has 2 atom stereocenters. The summed E-state index contributed by atoms with van der Waals surface area (Å²) in [6.45, 7) is 5.99. The number of carbonyl (C=O) groups excluding carboxylic acids is 1. The molecule has 0 unspecified atom stereocenters. The summed E-state index contributed by atoms with van der Waals surface area (Å²) in [6, 6.07) is 6.69. The smallest absolute Gasteiger partial charge is 0.233 e. The van der Waals surface area contributed by atoms with Gasteiger partial charge in [-0.15, -0.1) is 0 Å². The van der Waals surface area contributed by atoms with Gasteiger partial charge in [-0.05, 0) is 57.0 Å². The van der Waals surface area contributed by atoms with Crippen LogP contribution in [0, 0.1) is 12.8 Å². The van der Waals surface area contributed by atoms with Crippen LogP contribution >= 0.6 is 0 Å². The van der Waals surface area contributed by atoms with E-state index in [2.05, 4.69) is 49.0 Å². The number of hydrogen-bond acceptors (Lipinski definition) is 3. The molecule has 1 saturated heterocycles. The molecule has 1 aliphatic heterocycles. The van der Waals surface area contributed by atoms with Crippen LogP contribution in [0.2, 0.25) is 0 Å². The van der Waals surface area contributed by atoms with Crippen LogP contribution in [0.3, 0.4) is 0 Å². The first-order valence-corrected chi connectivity index (χ1v) is 8.50. The molecular weight excluding hydrogens is 288 g/mol. The molecule has 23 heavy (non-hydrogen) atoms. The van der Waals surface area contributed by atoms with E-state index in [1.165, 1.54) is 0 Å². The minimum absolute atomic E-state index is 0.304. The predicted octanol–water partition coefficient (Wildman–Crippen LogP) is 2.44. The molecule has 0 spiro atoms. The standard InChI is InChI=1S/C19H28N2O2/c1-13-6-7-15(10-17(13)23-5)19(8-9-19)18(22)21-11-14(2)16(12-21)20(3)4/h6-7,10,14,16H,8-9,11-12H2,1-5H3/t14-,16+/m1/s1. The Hall–Kier alpha value is -1.55. The molecular formula is C19H28N2O2. The Morgan fingerprint density at radius 3 is 2.52 bits per heavy atom. The third-order valence-corrected chi connectivity index (χ3v) is 5.64. The highest BCUT2D eigenvalue weighted by Gasteiger charge is 2.54. The van der Waals surface area contributed by atoms with Gasteiger partial charge in [0.25, 0.3) is 0 Å². The summed E-state index contributed by atoms with van der Waals surface area (Å²) in [5, 5.41) is 0. The maximum Gasteiger partial charge on any atom is 0.233 e. The van der Waals surface area contributed by atoms with Gasteiger partial charge in [0.15, 0.2) is 0 Å². The van der Waals surface area contributed by atoms with Crippen molar-refractivity contribution < 1.29 is 9.53 Å². The average Bonchev–Trinajstić information content (AvgIpc) is 3.23. The molecule has 3 rings (SSSR count). The summed E-state index contributed by atoms with van der Waals surface area (Å²) in [5.41, 5.74) is 1.93. The van der Waals surface area contributed by atoms with Gasteiger partial charge >= 0.3 is 0 Å². The molecule has 1 aliphatic carbocycles. The molecule has 0 radical (unpaired) electrons. The van der Waals surface area contributed by atoms with E-state index in [9.17, 15) is 4.79 Å². The normalized spacial score (nSPS) is 25.7. The monoisotopic (exact) mass is 316 g/mol. The van der Waals surface area contributed by atoms with E-state index in [0.717, 1.165) is 42.8 Å². The quantitative estimate of drug-likeness (QED) is 0.855. The Labute approximate surface area is 139 Å². The van der Waals surface area contributed by atoms with E-state index in [-0.39, 0.29) is 5.41 Å².